The number of likely N-dealkylation sites (tertiary alicyclic amines) is 3. The predicted molar refractivity (Wildman–Crippen MR) is 273 cm³/mol. The molecule has 7 fully saturated rings. The zero-order valence-electron chi connectivity index (χ0n) is 42.3. The second-order valence-corrected chi connectivity index (χ2v) is 23.0. The molecule has 2 aliphatic carbocycles. The number of anilines is 3. The van der Waals surface area contributed by atoms with Crippen molar-refractivity contribution in [1.29, 1.82) is 0 Å². The molecule has 8 aliphatic rings. The number of imidazole rings is 1. The first-order chi connectivity index (χ1) is 34.9. The van der Waals surface area contributed by atoms with Gasteiger partial charge in [-0.15, -0.1) is 5.10 Å². The van der Waals surface area contributed by atoms with E-state index in [1.54, 1.807) is 0 Å². The summed E-state index contributed by atoms with van der Waals surface area (Å²) < 4.78 is 2.20. The number of benzene rings is 1. The maximum Gasteiger partial charge on any atom is 0.238 e. The first-order valence-electron chi connectivity index (χ1n) is 27.2. The lowest BCUT2D eigenvalue weighted by Crippen LogP contribution is -2.59. The van der Waals surface area contributed by atoms with Crippen LogP contribution in [0.4, 0.5) is 17.3 Å². The third kappa shape index (κ3) is 8.40. The Morgan fingerprint density at radius 2 is 1.53 bits per heavy atom. The number of nitrogens with zero attached hydrogens (tertiary/aromatic N) is 10. The molecule has 9 heterocycles. The summed E-state index contributed by atoms with van der Waals surface area (Å²) in [6.07, 6.45) is 14.5. The van der Waals surface area contributed by atoms with E-state index in [1.807, 2.05) is 28.3 Å². The predicted octanol–water partition coefficient (Wildman–Crippen LogP) is 6.33. The third-order valence-corrected chi connectivity index (χ3v) is 18.1. The minimum absolute atomic E-state index is 0.0929. The Hall–Kier alpha value is -5.97. The molecule has 17 heteroatoms. The number of pyridine rings is 1. The van der Waals surface area contributed by atoms with E-state index in [0.717, 1.165) is 78.1 Å². The van der Waals surface area contributed by atoms with Crippen molar-refractivity contribution in [3.63, 3.8) is 0 Å². The summed E-state index contributed by atoms with van der Waals surface area (Å²) in [6, 6.07) is 13.7. The van der Waals surface area contributed by atoms with Crippen LogP contribution in [-0.2, 0) is 29.4 Å². The molecule has 1 aromatic carbocycles. The van der Waals surface area contributed by atoms with Gasteiger partial charge in [0.2, 0.25) is 29.5 Å². The van der Waals surface area contributed by atoms with Gasteiger partial charge < -0.3 is 34.4 Å². The molecular weight excluding hydrogens is 909 g/mol. The average molecular weight is 979 g/mol. The highest BCUT2D eigenvalue weighted by atomic mass is 16.2. The van der Waals surface area contributed by atoms with Crippen LogP contribution < -0.4 is 20.4 Å². The normalized spacial score (nSPS) is 25.8. The maximum absolute atomic E-state index is 15.3. The second-order valence-electron chi connectivity index (χ2n) is 23.0. The van der Waals surface area contributed by atoms with E-state index in [9.17, 15) is 19.2 Å². The summed E-state index contributed by atoms with van der Waals surface area (Å²) in [6.45, 7) is 12.2. The number of nitrogens with one attached hydrogen (secondary N) is 2. The van der Waals surface area contributed by atoms with Crippen LogP contribution in [0, 0.1) is 11.3 Å². The van der Waals surface area contributed by atoms with Crippen molar-refractivity contribution >= 4 is 57.9 Å². The Morgan fingerprint density at radius 1 is 0.792 bits per heavy atom. The van der Waals surface area contributed by atoms with E-state index in [1.165, 1.54) is 19.3 Å². The Morgan fingerprint density at radius 3 is 2.21 bits per heavy atom. The molecule has 5 saturated heterocycles. The van der Waals surface area contributed by atoms with E-state index in [2.05, 4.69) is 85.1 Å². The van der Waals surface area contributed by atoms with Crippen LogP contribution in [-0.4, -0.2) is 139 Å². The molecule has 72 heavy (non-hydrogen) atoms. The van der Waals surface area contributed by atoms with Gasteiger partial charge in [-0.05, 0) is 140 Å². The molecule has 2 saturated carbocycles. The summed E-state index contributed by atoms with van der Waals surface area (Å²) in [5.74, 6) is 0.926. The molecule has 1 unspecified atom stereocenters. The van der Waals surface area contributed by atoms with Gasteiger partial charge in [-0.25, -0.2) is 9.97 Å². The first-order valence-corrected chi connectivity index (χ1v) is 27.2. The molecular formula is C55H70N12O5. The van der Waals surface area contributed by atoms with Gasteiger partial charge >= 0.3 is 0 Å². The van der Waals surface area contributed by atoms with Gasteiger partial charge in [-0.3, -0.25) is 29.3 Å². The third-order valence-electron chi connectivity index (χ3n) is 18.1. The number of imide groups is 1. The molecule has 6 aliphatic heterocycles. The van der Waals surface area contributed by atoms with Crippen molar-refractivity contribution in [3.8, 4) is 11.3 Å². The Balaban J connectivity index is 0.705. The van der Waals surface area contributed by atoms with Gasteiger partial charge in [0.15, 0.2) is 11.6 Å². The van der Waals surface area contributed by atoms with Crippen molar-refractivity contribution < 1.29 is 24.0 Å². The van der Waals surface area contributed by atoms with E-state index < -0.39 is 16.7 Å². The zero-order valence-corrected chi connectivity index (χ0v) is 42.3. The van der Waals surface area contributed by atoms with Gasteiger partial charge in [-0.2, -0.15) is 5.10 Å². The van der Waals surface area contributed by atoms with Gasteiger partial charge in [-0.1, -0.05) is 25.5 Å². The summed E-state index contributed by atoms with van der Waals surface area (Å²) in [7, 11) is 0. The number of carbonyl (C=O) groups is 5. The highest BCUT2D eigenvalue weighted by Gasteiger charge is 2.56. The van der Waals surface area contributed by atoms with Crippen molar-refractivity contribution in [2.45, 2.75) is 153 Å². The van der Waals surface area contributed by atoms with E-state index in [0.29, 0.717) is 108 Å². The van der Waals surface area contributed by atoms with E-state index >= 15 is 4.79 Å². The average Bonchev–Trinajstić information content (AvgIpc) is 4.05. The molecule has 2 N–H and O–H groups in total. The van der Waals surface area contributed by atoms with Gasteiger partial charge in [0.1, 0.15) is 5.52 Å². The lowest BCUT2D eigenvalue weighted by atomic mass is 9.72. The minimum Gasteiger partial charge on any atom is -0.366 e. The molecule has 3 aromatic heterocycles. The van der Waals surface area contributed by atoms with Crippen LogP contribution in [0.25, 0.3) is 22.3 Å². The molecule has 0 radical (unpaired) electrons. The number of fused-ring (bicyclic) bond motifs is 3. The van der Waals surface area contributed by atoms with Gasteiger partial charge in [0.05, 0.1) is 34.6 Å². The summed E-state index contributed by atoms with van der Waals surface area (Å²) >= 11 is 0. The number of carbonyl (C=O) groups excluding carboxylic acids is 5. The first kappa shape index (κ1) is 47.1. The van der Waals surface area contributed by atoms with Crippen molar-refractivity contribution in [2.75, 3.05) is 67.5 Å². The molecule has 17 nitrogen and oxygen atoms in total. The van der Waals surface area contributed by atoms with Crippen molar-refractivity contribution in [2.24, 2.45) is 11.3 Å². The fraction of sp³-hybridized carbons (Fsp3) is 0.618. The highest BCUT2D eigenvalue weighted by molar-refractivity contribution is 6.09. The van der Waals surface area contributed by atoms with Crippen LogP contribution in [0.3, 0.4) is 0 Å². The molecule has 4 aromatic rings. The van der Waals surface area contributed by atoms with Crippen LogP contribution in [0.1, 0.15) is 140 Å². The lowest BCUT2D eigenvalue weighted by molar-refractivity contribution is -0.150. The monoisotopic (exact) mass is 979 g/mol. The number of piperidine rings is 5. The smallest absolute Gasteiger partial charge is 0.238 e. The quantitative estimate of drug-likeness (QED) is 0.169. The summed E-state index contributed by atoms with van der Waals surface area (Å²) in [5, 5.41) is 14.9. The largest absolute Gasteiger partial charge is 0.366 e. The fourth-order valence-electron chi connectivity index (χ4n) is 13.3. The number of aromatic nitrogens is 5. The molecule has 1 spiro atoms. The van der Waals surface area contributed by atoms with Crippen LogP contribution in [0.2, 0.25) is 0 Å². The molecule has 5 amide bonds. The number of hydrogen-bond donors (Lipinski definition) is 2. The number of rotatable bonds is 10. The summed E-state index contributed by atoms with van der Waals surface area (Å²) in [4.78, 5) is 88.8. The number of hydrogen-bond acceptors (Lipinski definition) is 12. The molecule has 380 valence electrons. The van der Waals surface area contributed by atoms with Crippen molar-refractivity contribution in [1.82, 2.24) is 44.7 Å². The molecule has 12 rings (SSSR count). The molecule has 0 bridgehead atoms. The number of amides is 5. The maximum atomic E-state index is 15.3. The van der Waals surface area contributed by atoms with Crippen LogP contribution in [0.5, 0.6) is 0 Å². The zero-order chi connectivity index (χ0) is 49.5. The van der Waals surface area contributed by atoms with E-state index in [4.69, 9.17) is 9.97 Å². The summed E-state index contributed by atoms with van der Waals surface area (Å²) in [5.41, 5.74) is 5.17. The standard InChI is InChI=1S/C55H70N12O5/c1-34(2)66-33-56-44-32-43(58-49(48(44)66)57-37-8-9-37)36-7-11-41-45(29-36)67(39-30-38(31-39)62-21-5-4-6-22-62)53(72)55(41)19-27-65(28-20-55)52(71)54(3)17-25-64(26-18-54)51(70)35-15-23-63(24-16-35)46-13-12-42(60-61-46)40-10-14-47(68)59-50(40)69/h7,11-13,29,32-35,37-40H,4-6,8-10,14-28,30-31H2,1-3H3,(H,57,58)(H,59,68,69). The lowest BCUT2D eigenvalue weighted by Gasteiger charge is -2.48. The van der Waals surface area contributed by atoms with Gasteiger partial charge in [0, 0.05) is 92.4 Å². The van der Waals surface area contributed by atoms with Crippen molar-refractivity contribution in [3.05, 3.63) is 54.0 Å². The fourth-order valence-corrected chi connectivity index (χ4v) is 13.3. The Kier molecular flexibility index (Phi) is 12.1. The molecule has 1 atom stereocenters. The highest BCUT2D eigenvalue weighted by Crippen LogP contribution is 2.53. The Bertz CT molecular complexity index is 2770. The topological polar surface area (TPSA) is 182 Å². The Labute approximate surface area is 421 Å². The van der Waals surface area contributed by atoms with Crippen LogP contribution >= 0.6 is 0 Å². The van der Waals surface area contributed by atoms with Crippen LogP contribution in [0.15, 0.2) is 42.7 Å². The SMILES string of the molecule is CC(C)n1cnc2cc(-c3ccc4c(c3)N(C3CC(N5CCCCC5)C3)C(=O)C43CCN(C(=O)C4(C)CCN(C(=O)C5CCN(c6ccc(C7CCC(=O)NC7=O)nn6)CC5)CC4)CC3)nc(NC3CC3)c21. The minimum atomic E-state index is -0.689. The van der Waals surface area contributed by atoms with E-state index in [-0.39, 0.29) is 54.0 Å². The second kappa shape index (κ2) is 18.5. The van der Waals surface area contributed by atoms with Gasteiger partial charge in [0.25, 0.3) is 0 Å².